The van der Waals surface area contributed by atoms with Gasteiger partial charge in [-0.1, -0.05) is 51.1 Å². The van der Waals surface area contributed by atoms with Crippen LogP contribution >= 0.6 is 35.2 Å². The summed E-state index contributed by atoms with van der Waals surface area (Å²) in [6.07, 6.45) is -2.91. The van der Waals surface area contributed by atoms with E-state index in [1.54, 1.807) is 12.2 Å². The van der Waals surface area contributed by atoms with Crippen LogP contribution in [0.5, 0.6) is 0 Å². The molecule has 58 heavy (non-hydrogen) atoms. The highest BCUT2D eigenvalue weighted by atomic mass is 32.2. The highest BCUT2D eigenvalue weighted by Crippen LogP contribution is 2.61. The highest BCUT2D eigenvalue weighted by Gasteiger charge is 2.50. The molecule has 3 rings (SSSR count). The predicted molar refractivity (Wildman–Crippen MR) is 202 cm³/mol. The quantitative estimate of drug-likeness (QED) is 0.0369. The third kappa shape index (κ3) is 15.7. The van der Waals surface area contributed by atoms with Crippen LogP contribution in [0.3, 0.4) is 0 Å². The van der Waals surface area contributed by atoms with E-state index in [9.17, 15) is 63.0 Å². The number of carbonyl (C=O) groups excluding carboxylic acids is 3. The molecule has 2 aromatic heterocycles. The fourth-order valence-corrected chi connectivity index (χ4v) is 8.56. The first-order valence-corrected chi connectivity index (χ1v) is 22.8. The van der Waals surface area contributed by atoms with Gasteiger partial charge >= 0.3 is 23.5 Å². The number of aromatic nitrogens is 4. The van der Waals surface area contributed by atoms with Crippen LogP contribution in [0.1, 0.15) is 52.7 Å². The summed E-state index contributed by atoms with van der Waals surface area (Å²) in [6.45, 7) is 2.33. The number of unbranched alkanes of at least 4 members (excludes halogenated alkanes) is 1. The number of thioether (sulfide) groups is 1. The minimum Gasteiger partial charge on any atom is -0.389 e. The number of anilines is 1. The smallest absolute Gasteiger partial charge is 0.389 e. The van der Waals surface area contributed by atoms with E-state index < -0.39 is 90.7 Å². The van der Waals surface area contributed by atoms with E-state index in [1.165, 1.54) is 13.8 Å². The third-order valence-corrected chi connectivity index (χ3v) is 12.0. The predicted octanol–water partition coefficient (Wildman–Crippen LogP) is -0.228. The molecular weight excluding hydrogens is 859 g/mol. The van der Waals surface area contributed by atoms with Gasteiger partial charge < -0.3 is 56.0 Å². The van der Waals surface area contributed by atoms with E-state index in [2.05, 4.69) is 34.4 Å². The number of aliphatic hydroxyl groups is 3. The van der Waals surface area contributed by atoms with Gasteiger partial charge in [0.05, 0.1) is 25.6 Å². The van der Waals surface area contributed by atoms with Crippen molar-refractivity contribution >= 4 is 69.1 Å². The third-order valence-electron chi connectivity index (χ3n) is 7.95. The van der Waals surface area contributed by atoms with E-state index in [0.717, 1.165) is 41.8 Å². The first kappa shape index (κ1) is 49.6. The number of imidazole rings is 1. The molecule has 0 radical (unpaired) electrons. The van der Waals surface area contributed by atoms with Crippen molar-refractivity contribution < 1.29 is 85.6 Å². The number of phosphoric ester groups is 3. The number of ether oxygens (including phenoxy) is 1. The van der Waals surface area contributed by atoms with Crippen LogP contribution in [-0.4, -0.2) is 134 Å². The van der Waals surface area contributed by atoms with Crippen LogP contribution in [0.4, 0.5) is 5.82 Å². The second kappa shape index (κ2) is 21.7. The summed E-state index contributed by atoms with van der Waals surface area (Å²) in [6, 6.07) is 0. The molecule has 8 atom stereocenters. The van der Waals surface area contributed by atoms with Crippen molar-refractivity contribution in [2.75, 3.05) is 37.8 Å². The summed E-state index contributed by atoms with van der Waals surface area (Å²) in [7, 11) is -16.4. The topological polar surface area (TPSA) is 384 Å². The lowest BCUT2D eigenvalue weighted by Crippen LogP contribution is -2.46. The van der Waals surface area contributed by atoms with Gasteiger partial charge in [-0.05, 0) is 6.42 Å². The number of amides is 2. The molecule has 0 bridgehead atoms. The molecule has 29 heteroatoms. The summed E-state index contributed by atoms with van der Waals surface area (Å²) < 4.78 is 62.1. The minimum atomic E-state index is -5.58. The standard InChI is InChI=1S/C29H48N7O18P3S/c1-4-5-6-7-17(37)12-20(39)58-11-10-31-19(38)8-9-32-27(42)24(41)29(2,3)14-51-57(48,49)54-56(46,47)50-13-18-23(53-55(43,44)45)22(40)28(52-18)36-16-35-21-25(30)33-15-34-26(21)36/h6-7,15-18,22-24,28,37,40-41H,4-5,8-14H2,1-3H3,(H,31,38)(H,32,42)(H,46,47)(H,48,49)(H2,30,33,34)(H2,43,44,45)/b7-6+/t17?,18-,22-,23-,24-,28-/m1/s1. The van der Waals surface area contributed by atoms with Crippen molar-refractivity contribution in [3.05, 3.63) is 24.8 Å². The SMILES string of the molecule is CCC/C=C/C(O)CC(=O)SCCNC(=O)CCNC(=O)[C@@H](O)C(C)(C)COP(=O)(O)OP(=O)(O)OC[C@H]1O[C@@H](n2cnc3c(N)ncnc32)[C@H](O)[C@@H]1OP(=O)(O)O. The number of allylic oxidation sites excluding steroid dienone is 1. The van der Waals surface area contributed by atoms with Crippen LogP contribution in [0.2, 0.25) is 0 Å². The number of nitrogens with one attached hydrogen (secondary N) is 2. The van der Waals surface area contributed by atoms with Crippen LogP contribution < -0.4 is 16.4 Å². The van der Waals surface area contributed by atoms with Gasteiger partial charge in [0, 0.05) is 37.1 Å². The van der Waals surface area contributed by atoms with Crippen molar-refractivity contribution in [1.82, 2.24) is 30.2 Å². The molecule has 0 aliphatic carbocycles. The van der Waals surface area contributed by atoms with Crippen LogP contribution in [0, 0.1) is 5.41 Å². The number of hydrogen-bond donors (Lipinski definition) is 10. The highest BCUT2D eigenvalue weighted by molar-refractivity contribution is 8.13. The normalized spacial score (nSPS) is 22.0. The molecule has 1 aliphatic heterocycles. The number of nitrogen functional groups attached to an aromatic ring is 1. The molecule has 2 aromatic rings. The maximum Gasteiger partial charge on any atom is 0.481 e. The Bertz CT molecular complexity index is 1900. The molecule has 1 fully saturated rings. The number of rotatable bonds is 24. The van der Waals surface area contributed by atoms with Gasteiger partial charge in [0.15, 0.2) is 22.8 Å². The zero-order valence-corrected chi connectivity index (χ0v) is 34.9. The lowest BCUT2D eigenvalue weighted by molar-refractivity contribution is -0.137. The first-order chi connectivity index (χ1) is 26.9. The molecule has 0 aromatic carbocycles. The van der Waals surface area contributed by atoms with Crippen molar-refractivity contribution in [2.45, 2.75) is 83.2 Å². The first-order valence-electron chi connectivity index (χ1n) is 17.3. The van der Waals surface area contributed by atoms with Crippen LogP contribution in [0.25, 0.3) is 11.2 Å². The Labute approximate surface area is 335 Å². The number of carbonyl (C=O) groups is 3. The Morgan fingerprint density at radius 1 is 1.07 bits per heavy atom. The lowest BCUT2D eigenvalue weighted by atomic mass is 9.87. The summed E-state index contributed by atoms with van der Waals surface area (Å²) in [5, 5.41) is 35.9. The van der Waals surface area contributed by atoms with E-state index in [-0.39, 0.29) is 53.8 Å². The molecule has 25 nitrogen and oxygen atoms in total. The van der Waals surface area contributed by atoms with Crippen molar-refractivity contribution in [1.29, 1.82) is 0 Å². The van der Waals surface area contributed by atoms with Crippen molar-refractivity contribution in [3.8, 4) is 0 Å². The van der Waals surface area contributed by atoms with Gasteiger partial charge in [-0.2, -0.15) is 4.31 Å². The Kier molecular flexibility index (Phi) is 18.5. The summed E-state index contributed by atoms with van der Waals surface area (Å²) in [4.78, 5) is 87.6. The largest absolute Gasteiger partial charge is 0.481 e. The maximum atomic E-state index is 12.7. The van der Waals surface area contributed by atoms with Gasteiger partial charge in [0.2, 0.25) is 11.8 Å². The molecule has 1 saturated heterocycles. The monoisotopic (exact) mass is 907 g/mol. The molecule has 328 valence electrons. The van der Waals surface area contributed by atoms with E-state index >= 15 is 0 Å². The second-order valence-electron chi connectivity index (χ2n) is 13.3. The zero-order valence-electron chi connectivity index (χ0n) is 31.4. The van der Waals surface area contributed by atoms with Crippen molar-refractivity contribution in [3.63, 3.8) is 0 Å². The summed E-state index contributed by atoms with van der Waals surface area (Å²) in [5.41, 5.74) is 4.23. The fourth-order valence-electron chi connectivity index (χ4n) is 5.01. The van der Waals surface area contributed by atoms with Gasteiger partial charge in [-0.15, -0.1) is 0 Å². The maximum absolute atomic E-state index is 12.7. The Hall–Kier alpha value is -2.74. The number of nitrogens with two attached hydrogens (primary N) is 1. The van der Waals surface area contributed by atoms with E-state index in [0.29, 0.717) is 0 Å². The van der Waals surface area contributed by atoms with Crippen molar-refractivity contribution in [2.24, 2.45) is 5.41 Å². The molecule has 3 heterocycles. The molecule has 3 unspecified atom stereocenters. The number of hydrogen-bond acceptors (Lipinski definition) is 19. The Morgan fingerprint density at radius 3 is 2.43 bits per heavy atom. The average Bonchev–Trinajstić information content (AvgIpc) is 3.68. The number of fused-ring (bicyclic) bond motifs is 1. The lowest BCUT2D eigenvalue weighted by Gasteiger charge is -2.30. The second-order valence-corrected chi connectivity index (χ2v) is 18.7. The minimum absolute atomic E-state index is 0.0255. The zero-order chi connectivity index (χ0) is 43.5. The fraction of sp³-hybridized carbons (Fsp3) is 0.655. The summed E-state index contributed by atoms with van der Waals surface area (Å²) in [5.74, 6) is -1.27. The van der Waals surface area contributed by atoms with E-state index in [1.807, 2.05) is 6.92 Å². The van der Waals surface area contributed by atoms with E-state index in [4.69, 9.17) is 19.5 Å². The molecule has 2 amide bonds. The molecule has 0 saturated carbocycles. The number of phosphoric acid groups is 3. The van der Waals surface area contributed by atoms with Crippen LogP contribution in [0.15, 0.2) is 24.8 Å². The number of nitrogens with zero attached hydrogens (tertiary/aromatic N) is 4. The van der Waals surface area contributed by atoms with Gasteiger partial charge in [-0.25, -0.2) is 28.6 Å². The summed E-state index contributed by atoms with van der Waals surface area (Å²) >= 11 is 0.944. The van der Waals surface area contributed by atoms with Gasteiger partial charge in [-0.3, -0.25) is 32.5 Å². The Morgan fingerprint density at radius 2 is 1.76 bits per heavy atom. The number of aliphatic hydroxyl groups excluding tert-OH is 3. The van der Waals surface area contributed by atoms with Crippen LogP contribution in [-0.2, 0) is 50.7 Å². The van der Waals surface area contributed by atoms with Gasteiger partial charge in [0.1, 0.15) is 36.3 Å². The molecule has 11 N–H and O–H groups in total. The Balaban J connectivity index is 1.46. The molecular formula is C29H48N7O18P3S. The molecule has 1 aliphatic rings. The van der Waals surface area contributed by atoms with Gasteiger partial charge in [0.25, 0.3) is 0 Å². The average molecular weight is 908 g/mol. The molecule has 0 spiro atoms.